The zero-order chi connectivity index (χ0) is 17.6. The molecule has 0 saturated carbocycles. The Labute approximate surface area is 145 Å². The van der Waals surface area contributed by atoms with Gasteiger partial charge in [-0.05, 0) is 37.6 Å². The summed E-state index contributed by atoms with van der Waals surface area (Å²) in [5.74, 6) is 1.81. The van der Waals surface area contributed by atoms with Crippen LogP contribution in [0.5, 0.6) is 11.6 Å². The Kier molecular flexibility index (Phi) is 5.09. The molecule has 1 N–H and O–H groups in total. The lowest BCUT2D eigenvalue weighted by molar-refractivity contribution is -0.120. The fourth-order valence-electron chi connectivity index (χ4n) is 2.43. The van der Waals surface area contributed by atoms with Gasteiger partial charge in [0.1, 0.15) is 11.5 Å². The molecule has 1 aromatic carbocycles. The summed E-state index contributed by atoms with van der Waals surface area (Å²) in [6.07, 6.45) is 1.93. The van der Waals surface area contributed by atoms with Crippen LogP contribution in [0.1, 0.15) is 22.6 Å². The molecule has 0 fully saturated rings. The van der Waals surface area contributed by atoms with Gasteiger partial charge in [-0.2, -0.15) is 0 Å². The lowest BCUT2D eigenvalue weighted by atomic mass is 10.1. The van der Waals surface area contributed by atoms with Crippen molar-refractivity contribution in [3.8, 4) is 11.6 Å². The zero-order valence-corrected chi connectivity index (χ0v) is 14.2. The molecule has 128 valence electrons. The molecule has 2 aromatic heterocycles. The van der Waals surface area contributed by atoms with Crippen LogP contribution in [0.2, 0.25) is 0 Å². The number of aromatic nitrogens is 2. The van der Waals surface area contributed by atoms with Gasteiger partial charge in [-0.1, -0.05) is 23.4 Å². The molecule has 0 aliphatic rings. The number of benzene rings is 1. The number of rotatable bonds is 6. The molecule has 3 rings (SSSR count). The van der Waals surface area contributed by atoms with Crippen LogP contribution in [0.15, 0.2) is 53.2 Å². The quantitative estimate of drug-likeness (QED) is 0.746. The summed E-state index contributed by atoms with van der Waals surface area (Å²) >= 11 is 0. The van der Waals surface area contributed by atoms with Gasteiger partial charge in [0, 0.05) is 24.4 Å². The molecule has 6 heteroatoms. The zero-order valence-electron chi connectivity index (χ0n) is 14.2. The van der Waals surface area contributed by atoms with Gasteiger partial charge in [0.25, 0.3) is 0 Å². The average molecular weight is 337 g/mol. The maximum Gasteiger partial charge on any atom is 0.224 e. The molecule has 0 bridgehead atoms. The van der Waals surface area contributed by atoms with Crippen LogP contribution < -0.4 is 10.1 Å². The van der Waals surface area contributed by atoms with Crippen LogP contribution in [-0.4, -0.2) is 16.0 Å². The Morgan fingerprint density at radius 3 is 2.80 bits per heavy atom. The SMILES string of the molecule is Cc1noc(C)c1CC(=O)NCc1cccc(Oc2ccccn2)c1. The number of hydrogen-bond donors (Lipinski definition) is 1. The minimum atomic E-state index is -0.0783. The van der Waals surface area contributed by atoms with Gasteiger partial charge in [-0.15, -0.1) is 0 Å². The number of ether oxygens (including phenoxy) is 1. The van der Waals surface area contributed by atoms with E-state index in [-0.39, 0.29) is 12.3 Å². The van der Waals surface area contributed by atoms with E-state index in [4.69, 9.17) is 9.26 Å². The summed E-state index contributed by atoms with van der Waals surface area (Å²) in [6, 6.07) is 13.0. The summed E-state index contributed by atoms with van der Waals surface area (Å²) in [5.41, 5.74) is 2.53. The average Bonchev–Trinajstić information content (AvgIpc) is 2.93. The first kappa shape index (κ1) is 16.7. The molecule has 1 amide bonds. The molecule has 0 aliphatic carbocycles. The van der Waals surface area contributed by atoms with Crippen LogP contribution >= 0.6 is 0 Å². The number of carbonyl (C=O) groups is 1. The lowest BCUT2D eigenvalue weighted by Gasteiger charge is -2.08. The van der Waals surface area contributed by atoms with Gasteiger partial charge in [0.15, 0.2) is 0 Å². The van der Waals surface area contributed by atoms with E-state index in [0.717, 1.165) is 16.8 Å². The van der Waals surface area contributed by atoms with Crippen LogP contribution in [-0.2, 0) is 17.8 Å². The molecule has 3 aromatic rings. The number of nitrogens with one attached hydrogen (secondary N) is 1. The summed E-state index contributed by atoms with van der Waals surface area (Å²) in [4.78, 5) is 16.3. The number of amides is 1. The van der Waals surface area contributed by atoms with Crippen molar-refractivity contribution in [2.75, 3.05) is 0 Å². The van der Waals surface area contributed by atoms with E-state index in [1.165, 1.54) is 0 Å². The Balaban J connectivity index is 1.58. The molecule has 25 heavy (non-hydrogen) atoms. The number of nitrogens with zero attached hydrogens (tertiary/aromatic N) is 2. The fraction of sp³-hybridized carbons (Fsp3) is 0.211. The Morgan fingerprint density at radius 2 is 2.08 bits per heavy atom. The molecule has 0 spiro atoms. The summed E-state index contributed by atoms with van der Waals surface area (Å²) in [5, 5.41) is 6.76. The second-order valence-electron chi connectivity index (χ2n) is 5.67. The van der Waals surface area contributed by atoms with E-state index < -0.39 is 0 Å². The number of pyridine rings is 1. The van der Waals surface area contributed by atoms with E-state index in [0.29, 0.717) is 23.9 Å². The first-order chi connectivity index (χ1) is 12.1. The van der Waals surface area contributed by atoms with Crippen molar-refractivity contribution in [2.24, 2.45) is 0 Å². The third-order valence-electron chi connectivity index (χ3n) is 3.77. The van der Waals surface area contributed by atoms with Crippen molar-refractivity contribution >= 4 is 5.91 Å². The first-order valence-corrected chi connectivity index (χ1v) is 7.98. The molecular weight excluding hydrogens is 318 g/mol. The first-order valence-electron chi connectivity index (χ1n) is 7.98. The fourth-order valence-corrected chi connectivity index (χ4v) is 2.43. The highest BCUT2D eigenvalue weighted by molar-refractivity contribution is 5.79. The minimum absolute atomic E-state index is 0.0783. The normalized spacial score (nSPS) is 10.5. The summed E-state index contributed by atoms with van der Waals surface area (Å²) in [7, 11) is 0. The molecule has 0 aliphatic heterocycles. The number of aryl methyl sites for hydroxylation is 2. The van der Waals surface area contributed by atoms with Crippen LogP contribution in [0.4, 0.5) is 0 Å². The standard InChI is InChI=1S/C19H19N3O3/c1-13-17(14(2)25-22-13)11-18(23)21-12-15-6-5-7-16(10-15)24-19-8-3-4-9-20-19/h3-10H,11-12H2,1-2H3,(H,21,23). The van der Waals surface area contributed by atoms with Gasteiger partial charge in [-0.25, -0.2) is 4.98 Å². The minimum Gasteiger partial charge on any atom is -0.439 e. The van der Waals surface area contributed by atoms with Gasteiger partial charge in [0.2, 0.25) is 11.8 Å². The number of hydrogen-bond acceptors (Lipinski definition) is 5. The van der Waals surface area contributed by atoms with Crippen molar-refractivity contribution in [3.63, 3.8) is 0 Å². The van der Waals surface area contributed by atoms with E-state index in [1.54, 1.807) is 19.2 Å². The lowest BCUT2D eigenvalue weighted by Crippen LogP contribution is -2.24. The maximum absolute atomic E-state index is 12.1. The summed E-state index contributed by atoms with van der Waals surface area (Å²) < 4.78 is 10.8. The molecule has 0 unspecified atom stereocenters. The van der Waals surface area contributed by atoms with Crippen molar-refractivity contribution < 1.29 is 14.1 Å². The molecule has 0 atom stereocenters. The number of carbonyl (C=O) groups excluding carboxylic acids is 1. The smallest absolute Gasteiger partial charge is 0.224 e. The predicted molar refractivity (Wildman–Crippen MR) is 92.3 cm³/mol. The second kappa shape index (κ2) is 7.61. The van der Waals surface area contributed by atoms with E-state index in [2.05, 4.69) is 15.5 Å². The van der Waals surface area contributed by atoms with Gasteiger partial charge < -0.3 is 14.6 Å². The highest BCUT2D eigenvalue weighted by atomic mass is 16.5. The highest BCUT2D eigenvalue weighted by Gasteiger charge is 2.13. The van der Waals surface area contributed by atoms with Crippen LogP contribution in [0.3, 0.4) is 0 Å². The largest absolute Gasteiger partial charge is 0.439 e. The Bertz CT molecular complexity index is 840. The van der Waals surface area contributed by atoms with Crippen molar-refractivity contribution in [1.82, 2.24) is 15.5 Å². The third kappa shape index (κ3) is 4.44. The maximum atomic E-state index is 12.1. The summed E-state index contributed by atoms with van der Waals surface area (Å²) in [6.45, 7) is 4.06. The van der Waals surface area contributed by atoms with Crippen molar-refractivity contribution in [1.29, 1.82) is 0 Å². The van der Waals surface area contributed by atoms with E-state index >= 15 is 0 Å². The van der Waals surface area contributed by atoms with Crippen molar-refractivity contribution in [2.45, 2.75) is 26.8 Å². The molecule has 0 saturated heterocycles. The van der Waals surface area contributed by atoms with Crippen LogP contribution in [0, 0.1) is 13.8 Å². The molecule has 2 heterocycles. The molecule has 6 nitrogen and oxygen atoms in total. The van der Waals surface area contributed by atoms with Crippen molar-refractivity contribution in [3.05, 3.63) is 71.2 Å². The monoisotopic (exact) mass is 337 g/mol. The Morgan fingerprint density at radius 1 is 1.20 bits per heavy atom. The predicted octanol–water partition coefficient (Wildman–Crippen LogP) is 3.34. The van der Waals surface area contributed by atoms with Gasteiger partial charge >= 0.3 is 0 Å². The molecular formula is C19H19N3O3. The second-order valence-corrected chi connectivity index (χ2v) is 5.67. The van der Waals surface area contributed by atoms with Crippen LogP contribution in [0.25, 0.3) is 0 Å². The topological polar surface area (TPSA) is 77.2 Å². The molecule has 0 radical (unpaired) electrons. The Hall–Kier alpha value is -3.15. The van der Waals surface area contributed by atoms with E-state index in [1.807, 2.05) is 43.3 Å². The van der Waals surface area contributed by atoms with Gasteiger partial charge in [-0.3, -0.25) is 4.79 Å². The third-order valence-corrected chi connectivity index (χ3v) is 3.77. The highest BCUT2D eigenvalue weighted by Crippen LogP contribution is 2.20. The van der Waals surface area contributed by atoms with Gasteiger partial charge in [0.05, 0.1) is 12.1 Å². The van der Waals surface area contributed by atoms with E-state index in [9.17, 15) is 4.79 Å².